The Hall–Kier alpha value is -2.48. The highest BCUT2D eigenvalue weighted by atomic mass is 16.1. The number of hydrogen-bond acceptors (Lipinski definition) is 2. The highest BCUT2D eigenvalue weighted by Gasteiger charge is 2.05. The fourth-order valence-corrected chi connectivity index (χ4v) is 2.27. The van der Waals surface area contributed by atoms with Gasteiger partial charge < -0.3 is 0 Å². The fraction of sp³-hybridized carbons (Fsp3) is 0.0588. The highest BCUT2D eigenvalue weighted by Crippen LogP contribution is 2.19. The molecule has 3 rings (SSSR count). The van der Waals surface area contributed by atoms with Gasteiger partial charge in [-0.25, -0.2) is 4.98 Å². The van der Waals surface area contributed by atoms with Crippen molar-refractivity contribution in [3.05, 3.63) is 77.6 Å². The van der Waals surface area contributed by atoms with Crippen LogP contribution in [0.1, 0.15) is 21.7 Å². The fourth-order valence-electron chi connectivity index (χ4n) is 2.27. The number of nitrogens with zero attached hydrogens (tertiary/aromatic N) is 1. The molecule has 0 N–H and O–H groups in total. The third kappa shape index (κ3) is 2.38. The average molecular weight is 247 g/mol. The molecule has 2 nitrogen and oxygen atoms in total. The molecule has 92 valence electrons. The molecule has 0 bridgehead atoms. The van der Waals surface area contributed by atoms with E-state index in [2.05, 4.69) is 23.2 Å². The second-order valence-corrected chi connectivity index (χ2v) is 4.50. The van der Waals surface area contributed by atoms with E-state index in [1.807, 2.05) is 42.5 Å². The van der Waals surface area contributed by atoms with Crippen LogP contribution in [0.25, 0.3) is 10.8 Å². The summed E-state index contributed by atoms with van der Waals surface area (Å²) in [6.07, 6.45) is 1.57. The molecule has 1 aromatic heterocycles. The molecule has 1 heterocycles. The van der Waals surface area contributed by atoms with Crippen molar-refractivity contribution in [3.8, 4) is 0 Å². The molecule has 0 aliphatic carbocycles. The van der Waals surface area contributed by atoms with Crippen molar-refractivity contribution in [2.45, 2.75) is 6.42 Å². The van der Waals surface area contributed by atoms with Crippen molar-refractivity contribution in [1.29, 1.82) is 0 Å². The molecule has 3 aromatic rings. The van der Waals surface area contributed by atoms with E-state index < -0.39 is 0 Å². The van der Waals surface area contributed by atoms with Crippen LogP contribution in [0.4, 0.5) is 0 Å². The molecule has 2 aromatic carbocycles. The van der Waals surface area contributed by atoms with Crippen molar-refractivity contribution >= 4 is 17.1 Å². The molecule has 0 amide bonds. The van der Waals surface area contributed by atoms with Crippen LogP contribution in [-0.4, -0.2) is 11.3 Å². The van der Waals surface area contributed by atoms with Crippen LogP contribution in [0, 0.1) is 0 Å². The Labute approximate surface area is 111 Å². The van der Waals surface area contributed by atoms with Crippen molar-refractivity contribution < 1.29 is 4.79 Å². The Bertz CT molecular complexity index is 720. The van der Waals surface area contributed by atoms with Crippen LogP contribution >= 0.6 is 0 Å². The maximum absolute atomic E-state index is 11.2. The smallest absolute Gasteiger partial charge is 0.169 e. The monoisotopic (exact) mass is 247 g/mol. The van der Waals surface area contributed by atoms with Gasteiger partial charge in [-0.1, -0.05) is 54.6 Å². The normalized spacial score (nSPS) is 10.5. The Morgan fingerprint density at radius 1 is 0.947 bits per heavy atom. The first-order valence-corrected chi connectivity index (χ1v) is 6.24. The van der Waals surface area contributed by atoms with Crippen LogP contribution in [0.15, 0.2) is 60.7 Å². The van der Waals surface area contributed by atoms with Crippen LogP contribution in [0.2, 0.25) is 0 Å². The van der Waals surface area contributed by atoms with Gasteiger partial charge >= 0.3 is 0 Å². The number of carbonyl (C=O) groups is 1. The van der Waals surface area contributed by atoms with Crippen LogP contribution < -0.4 is 0 Å². The van der Waals surface area contributed by atoms with Crippen molar-refractivity contribution in [3.63, 3.8) is 0 Å². The molecule has 2 heteroatoms. The topological polar surface area (TPSA) is 30.0 Å². The van der Waals surface area contributed by atoms with E-state index in [-0.39, 0.29) is 0 Å². The van der Waals surface area contributed by atoms with Gasteiger partial charge in [-0.3, -0.25) is 4.79 Å². The second kappa shape index (κ2) is 5.02. The third-order valence-corrected chi connectivity index (χ3v) is 3.16. The molecule has 0 aliphatic rings. The minimum Gasteiger partial charge on any atom is -0.296 e. The van der Waals surface area contributed by atoms with Crippen molar-refractivity contribution in [1.82, 2.24) is 4.98 Å². The molecule has 0 spiro atoms. The van der Waals surface area contributed by atoms with E-state index in [4.69, 9.17) is 0 Å². The summed E-state index contributed by atoms with van der Waals surface area (Å²) >= 11 is 0. The lowest BCUT2D eigenvalue weighted by Gasteiger charge is -2.06. The number of fused-ring (bicyclic) bond motifs is 1. The van der Waals surface area contributed by atoms with Gasteiger partial charge in [0.05, 0.1) is 0 Å². The number of pyridine rings is 1. The minimum absolute atomic E-state index is 0.518. The Morgan fingerprint density at radius 3 is 2.47 bits per heavy atom. The van der Waals surface area contributed by atoms with E-state index in [1.165, 1.54) is 5.56 Å². The van der Waals surface area contributed by atoms with Gasteiger partial charge in [0.25, 0.3) is 0 Å². The van der Waals surface area contributed by atoms with E-state index in [0.717, 1.165) is 29.2 Å². The quantitative estimate of drug-likeness (QED) is 0.661. The predicted molar refractivity (Wildman–Crippen MR) is 76.4 cm³/mol. The summed E-state index contributed by atoms with van der Waals surface area (Å²) in [6, 6.07) is 20.0. The van der Waals surface area contributed by atoms with Crippen molar-refractivity contribution in [2.75, 3.05) is 0 Å². The SMILES string of the molecule is O=Cc1nc(Cc2ccccc2)cc2ccccc12. The number of aldehydes is 1. The molecular formula is C17H13NO. The standard InChI is InChI=1S/C17H13NO/c19-12-17-16-9-5-4-8-14(16)11-15(18-17)10-13-6-2-1-3-7-13/h1-9,11-12H,10H2. The zero-order valence-electron chi connectivity index (χ0n) is 10.4. The Balaban J connectivity index is 2.07. The van der Waals surface area contributed by atoms with E-state index in [0.29, 0.717) is 5.69 Å². The van der Waals surface area contributed by atoms with Crippen LogP contribution in [0.5, 0.6) is 0 Å². The number of hydrogen-bond donors (Lipinski definition) is 0. The number of aromatic nitrogens is 1. The first-order chi connectivity index (χ1) is 9.36. The number of rotatable bonds is 3. The summed E-state index contributed by atoms with van der Waals surface area (Å²) in [7, 11) is 0. The third-order valence-electron chi connectivity index (χ3n) is 3.16. The summed E-state index contributed by atoms with van der Waals surface area (Å²) in [5.41, 5.74) is 2.64. The average Bonchev–Trinajstić information content (AvgIpc) is 2.47. The largest absolute Gasteiger partial charge is 0.296 e. The van der Waals surface area contributed by atoms with Gasteiger partial charge in [0.15, 0.2) is 6.29 Å². The lowest BCUT2D eigenvalue weighted by Crippen LogP contribution is -1.97. The van der Waals surface area contributed by atoms with E-state index in [9.17, 15) is 4.79 Å². The lowest BCUT2D eigenvalue weighted by molar-refractivity contribution is 0.112. The maximum atomic E-state index is 11.2. The van der Waals surface area contributed by atoms with Gasteiger partial charge in [-0.2, -0.15) is 0 Å². The molecular weight excluding hydrogens is 234 g/mol. The maximum Gasteiger partial charge on any atom is 0.169 e. The number of carbonyl (C=O) groups excluding carboxylic acids is 1. The molecule has 0 saturated heterocycles. The minimum atomic E-state index is 0.518. The molecule has 0 radical (unpaired) electrons. The van der Waals surface area contributed by atoms with Gasteiger partial charge in [-0.05, 0) is 17.0 Å². The molecule has 0 saturated carbocycles. The summed E-state index contributed by atoms with van der Waals surface area (Å²) in [5, 5.41) is 1.97. The summed E-state index contributed by atoms with van der Waals surface area (Å²) in [5.74, 6) is 0. The van der Waals surface area contributed by atoms with Crippen molar-refractivity contribution in [2.24, 2.45) is 0 Å². The van der Waals surface area contributed by atoms with Gasteiger partial charge in [0, 0.05) is 17.5 Å². The molecule has 0 fully saturated rings. The summed E-state index contributed by atoms with van der Waals surface area (Å²) in [6.45, 7) is 0. The second-order valence-electron chi connectivity index (χ2n) is 4.50. The molecule has 0 atom stereocenters. The lowest BCUT2D eigenvalue weighted by atomic mass is 10.0. The van der Waals surface area contributed by atoms with Gasteiger partial charge in [0.2, 0.25) is 0 Å². The van der Waals surface area contributed by atoms with E-state index in [1.54, 1.807) is 0 Å². The first kappa shape index (κ1) is 11.6. The summed E-state index contributed by atoms with van der Waals surface area (Å²) < 4.78 is 0. The zero-order chi connectivity index (χ0) is 13.1. The van der Waals surface area contributed by atoms with Gasteiger partial charge in [0.1, 0.15) is 5.69 Å². The van der Waals surface area contributed by atoms with Crippen LogP contribution in [0.3, 0.4) is 0 Å². The van der Waals surface area contributed by atoms with E-state index >= 15 is 0 Å². The molecule has 19 heavy (non-hydrogen) atoms. The first-order valence-electron chi connectivity index (χ1n) is 6.24. The zero-order valence-corrected chi connectivity index (χ0v) is 10.4. The summed E-state index contributed by atoms with van der Waals surface area (Å²) in [4.78, 5) is 15.6. The number of benzene rings is 2. The molecule has 0 aliphatic heterocycles. The molecule has 0 unspecified atom stereocenters. The van der Waals surface area contributed by atoms with Crippen LogP contribution in [-0.2, 0) is 6.42 Å². The van der Waals surface area contributed by atoms with Gasteiger partial charge in [-0.15, -0.1) is 0 Å². The predicted octanol–water partition coefficient (Wildman–Crippen LogP) is 3.64. The highest BCUT2D eigenvalue weighted by molar-refractivity contribution is 5.96. The Morgan fingerprint density at radius 2 is 1.68 bits per heavy atom. The Kier molecular flexibility index (Phi) is 3.07.